The van der Waals surface area contributed by atoms with Crippen molar-refractivity contribution in [1.82, 2.24) is 5.16 Å². The number of halogens is 1. The van der Waals surface area contributed by atoms with Crippen LogP contribution >= 0.6 is 10.7 Å². The zero-order valence-corrected chi connectivity index (χ0v) is 9.94. The predicted octanol–water partition coefficient (Wildman–Crippen LogP) is 1.87. The molecule has 15 heavy (non-hydrogen) atoms. The molecule has 0 amide bonds. The largest absolute Gasteiger partial charge is 0.361 e. The Bertz CT molecular complexity index is 466. The number of fused-ring (bicyclic) bond motifs is 1. The molecule has 1 atom stereocenters. The molecule has 2 rings (SSSR count). The van der Waals surface area contributed by atoms with Crippen LogP contribution in [0.15, 0.2) is 4.52 Å². The van der Waals surface area contributed by atoms with Gasteiger partial charge in [-0.05, 0) is 18.8 Å². The summed E-state index contributed by atoms with van der Waals surface area (Å²) in [5.74, 6) is 1.14. The average molecular weight is 250 g/mol. The molecule has 1 unspecified atom stereocenters. The van der Waals surface area contributed by atoms with Crippen LogP contribution in [0.3, 0.4) is 0 Å². The first-order valence-corrected chi connectivity index (χ1v) is 7.32. The third-order valence-electron chi connectivity index (χ3n) is 2.68. The van der Waals surface area contributed by atoms with E-state index in [-0.39, 0.29) is 5.75 Å². The van der Waals surface area contributed by atoms with Crippen LogP contribution < -0.4 is 0 Å². The summed E-state index contributed by atoms with van der Waals surface area (Å²) in [6, 6.07) is 0. The number of rotatable bonds is 2. The highest BCUT2D eigenvalue weighted by Crippen LogP contribution is 2.28. The Morgan fingerprint density at radius 3 is 3.00 bits per heavy atom. The molecule has 1 aliphatic carbocycles. The van der Waals surface area contributed by atoms with Crippen molar-refractivity contribution in [3.63, 3.8) is 0 Å². The molecule has 0 N–H and O–H groups in total. The Hall–Kier alpha value is -0.550. The highest BCUT2D eigenvalue weighted by molar-refractivity contribution is 8.13. The Morgan fingerprint density at radius 1 is 1.60 bits per heavy atom. The molecule has 1 heterocycles. The van der Waals surface area contributed by atoms with Gasteiger partial charge in [-0.15, -0.1) is 0 Å². The molecular weight excluding hydrogens is 238 g/mol. The first-order chi connectivity index (χ1) is 6.96. The van der Waals surface area contributed by atoms with Crippen molar-refractivity contribution in [2.45, 2.75) is 31.9 Å². The van der Waals surface area contributed by atoms with Gasteiger partial charge in [-0.25, -0.2) is 8.42 Å². The molecule has 4 nitrogen and oxygen atoms in total. The monoisotopic (exact) mass is 249 g/mol. The summed E-state index contributed by atoms with van der Waals surface area (Å²) in [5.41, 5.74) is 1.42. The average Bonchev–Trinajstić information content (AvgIpc) is 2.46. The van der Waals surface area contributed by atoms with Gasteiger partial charge in [0, 0.05) is 22.7 Å². The zero-order valence-electron chi connectivity index (χ0n) is 8.36. The second kappa shape index (κ2) is 3.79. The maximum absolute atomic E-state index is 10.9. The van der Waals surface area contributed by atoms with Crippen LogP contribution in [0.1, 0.15) is 30.4 Å². The molecule has 6 heteroatoms. The normalized spacial score (nSPS) is 21.3. The van der Waals surface area contributed by atoms with Gasteiger partial charge in [-0.3, -0.25) is 0 Å². The van der Waals surface area contributed by atoms with Crippen molar-refractivity contribution in [2.75, 3.05) is 0 Å². The van der Waals surface area contributed by atoms with Gasteiger partial charge in [0.2, 0.25) is 9.05 Å². The second-order valence-corrected chi connectivity index (χ2v) is 6.84. The molecule has 0 bridgehead atoms. The van der Waals surface area contributed by atoms with E-state index in [9.17, 15) is 8.42 Å². The van der Waals surface area contributed by atoms with Crippen LogP contribution in [0.2, 0.25) is 0 Å². The van der Waals surface area contributed by atoms with Gasteiger partial charge in [0.25, 0.3) is 0 Å². The fraction of sp³-hybridized carbons (Fsp3) is 0.667. The van der Waals surface area contributed by atoms with E-state index in [1.165, 1.54) is 0 Å². The Kier molecular flexibility index (Phi) is 2.77. The van der Waals surface area contributed by atoms with Crippen LogP contribution in [0.5, 0.6) is 0 Å². The van der Waals surface area contributed by atoms with Crippen molar-refractivity contribution in [3.8, 4) is 0 Å². The van der Waals surface area contributed by atoms with Gasteiger partial charge in [0.15, 0.2) is 0 Å². The van der Waals surface area contributed by atoms with Gasteiger partial charge in [0.05, 0.1) is 0 Å². The summed E-state index contributed by atoms with van der Waals surface area (Å²) in [6.45, 7) is 2.13. The predicted molar refractivity (Wildman–Crippen MR) is 56.2 cm³/mol. The lowest BCUT2D eigenvalue weighted by Gasteiger charge is -2.16. The Balaban J connectivity index is 2.31. The number of nitrogens with zero attached hydrogens (tertiary/aromatic N) is 1. The molecular formula is C9H12ClNO3S. The maximum atomic E-state index is 10.9. The lowest BCUT2D eigenvalue weighted by Crippen LogP contribution is -2.11. The van der Waals surface area contributed by atoms with Crippen LogP contribution in [0.4, 0.5) is 0 Å². The van der Waals surface area contributed by atoms with E-state index in [4.69, 9.17) is 15.2 Å². The van der Waals surface area contributed by atoms with E-state index in [1.54, 1.807) is 0 Å². The lowest BCUT2D eigenvalue weighted by atomic mass is 9.88. The van der Waals surface area contributed by atoms with Crippen LogP contribution in [-0.2, 0) is 27.6 Å². The summed E-state index contributed by atoms with van der Waals surface area (Å²) in [7, 11) is 1.65. The molecule has 0 radical (unpaired) electrons. The molecule has 84 valence electrons. The van der Waals surface area contributed by atoms with Crippen LogP contribution in [0, 0.1) is 5.92 Å². The molecule has 0 aliphatic heterocycles. The number of hydrogen-bond donors (Lipinski definition) is 0. The fourth-order valence-electron chi connectivity index (χ4n) is 1.91. The fourth-order valence-corrected chi connectivity index (χ4v) is 2.78. The minimum atomic E-state index is -3.55. The van der Waals surface area contributed by atoms with Gasteiger partial charge < -0.3 is 4.52 Å². The zero-order chi connectivity index (χ0) is 11.1. The highest BCUT2D eigenvalue weighted by Gasteiger charge is 2.25. The van der Waals surface area contributed by atoms with E-state index >= 15 is 0 Å². The van der Waals surface area contributed by atoms with E-state index in [0.29, 0.717) is 11.6 Å². The van der Waals surface area contributed by atoms with Gasteiger partial charge in [-0.1, -0.05) is 12.1 Å². The van der Waals surface area contributed by atoms with Crippen LogP contribution in [0.25, 0.3) is 0 Å². The molecule has 0 spiro atoms. The number of hydrogen-bond acceptors (Lipinski definition) is 4. The lowest BCUT2D eigenvalue weighted by molar-refractivity contribution is 0.354. The first kappa shape index (κ1) is 11.0. The smallest absolute Gasteiger partial charge is 0.238 e. The molecule has 0 aromatic carbocycles. The number of aromatic nitrogens is 1. The third-order valence-corrected chi connectivity index (χ3v) is 3.62. The van der Waals surface area contributed by atoms with Crippen molar-refractivity contribution in [3.05, 3.63) is 17.0 Å². The molecule has 1 aromatic heterocycles. The standard InChI is InChI=1S/C9H12ClNO3S/c1-6-2-3-9-7(4-6)8(11-14-9)5-15(10,12)13/h6H,2-5H2,1H3. The highest BCUT2D eigenvalue weighted by atomic mass is 35.7. The van der Waals surface area contributed by atoms with Crippen molar-refractivity contribution >= 4 is 19.7 Å². The minimum Gasteiger partial charge on any atom is -0.361 e. The Morgan fingerprint density at radius 2 is 2.33 bits per heavy atom. The molecule has 0 fully saturated rings. The van der Waals surface area contributed by atoms with Crippen LogP contribution in [-0.4, -0.2) is 13.6 Å². The maximum Gasteiger partial charge on any atom is 0.238 e. The summed E-state index contributed by atoms with van der Waals surface area (Å²) in [6.07, 6.45) is 2.74. The number of aryl methyl sites for hydroxylation is 1. The van der Waals surface area contributed by atoms with Crippen molar-refractivity contribution < 1.29 is 12.9 Å². The van der Waals surface area contributed by atoms with Gasteiger partial charge in [0.1, 0.15) is 17.2 Å². The Labute approximate surface area is 93.0 Å². The van der Waals surface area contributed by atoms with E-state index in [0.717, 1.165) is 30.6 Å². The van der Waals surface area contributed by atoms with E-state index in [2.05, 4.69) is 12.1 Å². The SMILES string of the molecule is CC1CCc2onc(CS(=O)(=O)Cl)c2C1. The summed E-state index contributed by atoms with van der Waals surface area (Å²) >= 11 is 0. The molecule has 0 saturated heterocycles. The van der Waals surface area contributed by atoms with Gasteiger partial charge >= 0.3 is 0 Å². The van der Waals surface area contributed by atoms with E-state index < -0.39 is 9.05 Å². The van der Waals surface area contributed by atoms with Crippen molar-refractivity contribution in [2.24, 2.45) is 5.92 Å². The topological polar surface area (TPSA) is 60.2 Å². The molecule has 0 saturated carbocycles. The summed E-state index contributed by atoms with van der Waals surface area (Å²) in [4.78, 5) is 0. The minimum absolute atomic E-state index is 0.236. The quantitative estimate of drug-likeness (QED) is 0.751. The van der Waals surface area contributed by atoms with E-state index in [1.807, 2.05) is 0 Å². The summed E-state index contributed by atoms with van der Waals surface area (Å²) in [5, 5.41) is 3.78. The van der Waals surface area contributed by atoms with Crippen molar-refractivity contribution in [1.29, 1.82) is 0 Å². The third kappa shape index (κ3) is 2.52. The first-order valence-electron chi connectivity index (χ1n) is 4.84. The van der Waals surface area contributed by atoms with Gasteiger partial charge in [-0.2, -0.15) is 0 Å². The molecule has 1 aliphatic rings. The summed E-state index contributed by atoms with van der Waals surface area (Å²) < 4.78 is 27.0. The second-order valence-electron chi connectivity index (χ2n) is 4.06. The molecule has 1 aromatic rings.